The molecule has 35 heavy (non-hydrogen) atoms. The van der Waals surface area contributed by atoms with Gasteiger partial charge < -0.3 is 14.6 Å². The summed E-state index contributed by atoms with van der Waals surface area (Å²) < 4.78 is 41.3. The molecule has 4 rings (SSSR count). The van der Waals surface area contributed by atoms with Crippen LogP contribution in [0.25, 0.3) is 6.08 Å². The lowest BCUT2D eigenvalue weighted by molar-refractivity contribution is -0.180. The van der Waals surface area contributed by atoms with Crippen LogP contribution in [0, 0.1) is 34.8 Å². The maximum atomic E-state index is 14.7. The van der Waals surface area contributed by atoms with Crippen molar-refractivity contribution in [2.24, 2.45) is 11.8 Å². The van der Waals surface area contributed by atoms with Gasteiger partial charge >= 0.3 is 0 Å². The first kappa shape index (κ1) is 24.7. The first-order valence-corrected chi connectivity index (χ1v) is 11.3. The van der Waals surface area contributed by atoms with E-state index in [4.69, 9.17) is 14.7 Å². The minimum atomic E-state index is -1.65. The van der Waals surface area contributed by atoms with Crippen LogP contribution < -0.4 is 0 Å². The van der Waals surface area contributed by atoms with E-state index in [2.05, 4.69) is 16.2 Å². The lowest BCUT2D eigenvalue weighted by Gasteiger charge is -2.38. The van der Waals surface area contributed by atoms with Crippen molar-refractivity contribution in [2.75, 3.05) is 13.2 Å². The summed E-state index contributed by atoms with van der Waals surface area (Å²) in [6, 6.07) is 12.4. The van der Waals surface area contributed by atoms with Crippen molar-refractivity contribution in [3.63, 3.8) is 0 Å². The Hall–Kier alpha value is -3.45. The van der Waals surface area contributed by atoms with E-state index in [1.165, 1.54) is 23.4 Å². The number of nitriles is 1. The molecule has 0 radical (unpaired) electrons. The maximum Gasteiger partial charge on any atom is 0.177 e. The van der Waals surface area contributed by atoms with Crippen LogP contribution in [0.15, 0.2) is 61.2 Å². The lowest BCUT2D eigenvalue weighted by atomic mass is 9.77. The predicted octanol–water partition coefficient (Wildman–Crippen LogP) is 4.04. The van der Waals surface area contributed by atoms with E-state index >= 15 is 0 Å². The highest BCUT2D eigenvalue weighted by molar-refractivity contribution is 5.51. The molecular weight excluding hydrogens is 454 g/mol. The summed E-state index contributed by atoms with van der Waals surface area (Å²) in [5, 5.41) is 24.6. The smallest absolute Gasteiger partial charge is 0.177 e. The van der Waals surface area contributed by atoms with Crippen molar-refractivity contribution in [1.82, 2.24) is 14.8 Å². The molecule has 0 amide bonds. The fourth-order valence-corrected chi connectivity index (χ4v) is 4.27. The Kier molecular flexibility index (Phi) is 7.66. The molecule has 182 valence electrons. The second kappa shape index (κ2) is 10.9. The average molecular weight is 481 g/mol. The van der Waals surface area contributed by atoms with Crippen molar-refractivity contribution in [2.45, 2.75) is 31.8 Å². The van der Waals surface area contributed by atoms with E-state index in [1.807, 2.05) is 25.1 Å². The molecule has 3 aromatic rings. The summed E-state index contributed by atoms with van der Waals surface area (Å²) >= 11 is 0. The third-order valence-corrected chi connectivity index (χ3v) is 6.25. The van der Waals surface area contributed by atoms with E-state index in [0.717, 1.165) is 17.7 Å². The summed E-state index contributed by atoms with van der Waals surface area (Å²) in [5.74, 6) is -2.00. The summed E-state index contributed by atoms with van der Waals surface area (Å²) in [6.07, 6.45) is 6.41. The van der Waals surface area contributed by atoms with Crippen LogP contribution in [0.2, 0.25) is 0 Å². The highest BCUT2D eigenvalue weighted by Crippen LogP contribution is 2.37. The third kappa shape index (κ3) is 5.98. The van der Waals surface area contributed by atoms with Gasteiger partial charge in [-0.05, 0) is 42.2 Å². The van der Waals surface area contributed by atoms with Crippen molar-refractivity contribution in [1.29, 1.82) is 5.26 Å². The maximum absolute atomic E-state index is 14.7. The standard InChI is InChI=1S/C26H26F2N4O3/c1-18(26(33,15-32-17-30-16-31-32)23-8-7-22(27)11-24(23)28)10-21-13-34-25(35-14-21)9-6-19-2-4-20(12-29)5-3-19/h2-9,11,16-18,21,25,33H,10,13-15H2,1H3/b9-6+/t18-,21?,25?,26+/m0/s1. The zero-order chi connectivity index (χ0) is 24.8. The van der Waals surface area contributed by atoms with Crippen molar-refractivity contribution < 1.29 is 23.4 Å². The molecule has 0 aliphatic carbocycles. The fourth-order valence-electron chi connectivity index (χ4n) is 4.27. The number of ether oxygens (including phenoxy) is 2. The first-order chi connectivity index (χ1) is 16.9. The van der Waals surface area contributed by atoms with Crippen molar-refractivity contribution in [3.8, 4) is 6.07 Å². The number of nitrogens with zero attached hydrogens (tertiary/aromatic N) is 4. The molecule has 1 fully saturated rings. The van der Waals surface area contributed by atoms with Gasteiger partial charge in [-0.25, -0.2) is 18.4 Å². The van der Waals surface area contributed by atoms with Gasteiger partial charge in [0.05, 0.1) is 31.4 Å². The van der Waals surface area contributed by atoms with Gasteiger partial charge in [0.25, 0.3) is 0 Å². The second-order valence-corrected chi connectivity index (χ2v) is 8.77. The van der Waals surface area contributed by atoms with E-state index in [1.54, 1.807) is 18.2 Å². The highest BCUT2D eigenvalue weighted by atomic mass is 19.1. The van der Waals surface area contributed by atoms with Gasteiger partial charge in [0.2, 0.25) is 0 Å². The van der Waals surface area contributed by atoms with E-state index < -0.39 is 29.4 Å². The lowest BCUT2D eigenvalue weighted by Crippen LogP contribution is -2.42. The number of hydrogen-bond donors (Lipinski definition) is 1. The molecule has 1 aliphatic heterocycles. The van der Waals surface area contributed by atoms with Crippen LogP contribution in [0.3, 0.4) is 0 Å². The topological polar surface area (TPSA) is 93.2 Å². The number of rotatable bonds is 8. The number of benzene rings is 2. The first-order valence-electron chi connectivity index (χ1n) is 11.3. The molecular formula is C26H26F2N4O3. The van der Waals surface area contributed by atoms with Crippen LogP contribution >= 0.6 is 0 Å². The Morgan fingerprint density at radius 1 is 1.23 bits per heavy atom. The Labute approximate surface area is 202 Å². The van der Waals surface area contributed by atoms with Gasteiger partial charge in [-0.3, -0.25) is 0 Å². The monoisotopic (exact) mass is 480 g/mol. The fraction of sp³-hybridized carbons (Fsp3) is 0.346. The van der Waals surface area contributed by atoms with Crippen LogP contribution in [-0.4, -0.2) is 39.4 Å². The molecule has 1 aromatic heterocycles. The zero-order valence-corrected chi connectivity index (χ0v) is 19.2. The Morgan fingerprint density at radius 2 is 1.97 bits per heavy atom. The van der Waals surface area contributed by atoms with Crippen LogP contribution in [0.5, 0.6) is 0 Å². The molecule has 0 saturated carbocycles. The summed E-state index contributed by atoms with van der Waals surface area (Å²) in [4.78, 5) is 3.89. The number of aromatic nitrogens is 3. The molecule has 1 saturated heterocycles. The predicted molar refractivity (Wildman–Crippen MR) is 123 cm³/mol. The van der Waals surface area contributed by atoms with Crippen LogP contribution in [-0.2, 0) is 21.6 Å². The summed E-state index contributed by atoms with van der Waals surface area (Å²) in [5.41, 5.74) is -0.138. The number of halogens is 2. The SMILES string of the molecule is C[C@@H](CC1COC(/C=C/c2ccc(C#N)cc2)OC1)[C@](O)(Cn1cncn1)c1ccc(F)cc1F. The molecule has 2 aromatic carbocycles. The van der Waals surface area contributed by atoms with E-state index in [9.17, 15) is 13.9 Å². The third-order valence-electron chi connectivity index (χ3n) is 6.25. The zero-order valence-electron chi connectivity index (χ0n) is 19.2. The molecule has 0 spiro atoms. The van der Waals surface area contributed by atoms with Gasteiger partial charge in [0.1, 0.15) is 29.9 Å². The normalized spacial score (nSPS) is 20.9. The second-order valence-electron chi connectivity index (χ2n) is 8.77. The van der Waals surface area contributed by atoms with E-state index in [0.29, 0.717) is 25.2 Å². The Bertz CT molecular complexity index is 1190. The Morgan fingerprint density at radius 3 is 2.60 bits per heavy atom. The van der Waals surface area contributed by atoms with Crippen LogP contribution in [0.4, 0.5) is 8.78 Å². The molecule has 1 N–H and O–H groups in total. The number of aliphatic hydroxyl groups is 1. The van der Waals surface area contributed by atoms with Gasteiger partial charge in [0, 0.05) is 17.5 Å². The van der Waals surface area contributed by atoms with Gasteiger partial charge in [0.15, 0.2) is 6.29 Å². The van der Waals surface area contributed by atoms with Crippen molar-refractivity contribution >= 4 is 6.08 Å². The van der Waals surface area contributed by atoms with Crippen LogP contribution in [0.1, 0.15) is 30.0 Å². The van der Waals surface area contributed by atoms with E-state index in [-0.39, 0.29) is 18.0 Å². The Balaban J connectivity index is 1.40. The average Bonchev–Trinajstić information content (AvgIpc) is 3.36. The van der Waals surface area contributed by atoms with Crippen molar-refractivity contribution in [3.05, 3.63) is 89.5 Å². The minimum Gasteiger partial charge on any atom is -0.383 e. The molecule has 7 nitrogen and oxygen atoms in total. The van der Waals surface area contributed by atoms with Gasteiger partial charge in [-0.15, -0.1) is 0 Å². The largest absolute Gasteiger partial charge is 0.383 e. The highest BCUT2D eigenvalue weighted by Gasteiger charge is 2.40. The molecule has 2 atom stereocenters. The van der Waals surface area contributed by atoms with Gasteiger partial charge in [-0.2, -0.15) is 10.4 Å². The quantitative estimate of drug-likeness (QED) is 0.523. The van der Waals surface area contributed by atoms with Gasteiger partial charge in [-0.1, -0.05) is 31.2 Å². The summed E-state index contributed by atoms with van der Waals surface area (Å²) in [7, 11) is 0. The molecule has 1 aliphatic rings. The molecule has 0 bridgehead atoms. The summed E-state index contributed by atoms with van der Waals surface area (Å²) in [6.45, 7) is 2.58. The molecule has 9 heteroatoms. The molecule has 0 unspecified atom stereocenters. The number of hydrogen-bond acceptors (Lipinski definition) is 6. The minimum absolute atomic E-state index is 0.00257. The molecule has 2 heterocycles.